The summed E-state index contributed by atoms with van der Waals surface area (Å²) < 4.78 is 42.2. The number of esters is 1. The highest BCUT2D eigenvalue weighted by molar-refractivity contribution is 7.89. The van der Waals surface area contributed by atoms with Gasteiger partial charge in [-0.25, -0.2) is 13.2 Å². The Labute approximate surface area is 159 Å². The number of hydrogen-bond acceptors (Lipinski definition) is 6. The van der Waals surface area contributed by atoms with Gasteiger partial charge in [0.25, 0.3) is 0 Å². The van der Waals surface area contributed by atoms with E-state index in [1.807, 2.05) is 0 Å². The van der Waals surface area contributed by atoms with Gasteiger partial charge in [0.05, 0.1) is 31.3 Å². The Morgan fingerprint density at radius 2 is 1.70 bits per heavy atom. The van der Waals surface area contributed by atoms with Gasteiger partial charge >= 0.3 is 5.97 Å². The van der Waals surface area contributed by atoms with Crippen LogP contribution in [0.2, 0.25) is 0 Å². The molecule has 0 amide bonds. The van der Waals surface area contributed by atoms with Crippen molar-refractivity contribution in [1.29, 1.82) is 0 Å². The summed E-state index contributed by atoms with van der Waals surface area (Å²) in [6.07, 6.45) is 0. The van der Waals surface area contributed by atoms with Crippen molar-refractivity contribution in [2.24, 2.45) is 0 Å². The molecule has 0 N–H and O–H groups in total. The van der Waals surface area contributed by atoms with Gasteiger partial charge in [-0.1, -0.05) is 6.07 Å². The first-order valence-electron chi connectivity index (χ1n) is 8.28. The highest BCUT2D eigenvalue weighted by Gasteiger charge is 2.22. The van der Waals surface area contributed by atoms with Gasteiger partial charge in [-0.05, 0) is 37.3 Å². The molecule has 0 aliphatic carbocycles. The Morgan fingerprint density at radius 3 is 2.26 bits per heavy atom. The second kappa shape index (κ2) is 8.88. The normalized spacial score (nSPS) is 11.3. The molecule has 2 rings (SSSR count). The third kappa shape index (κ3) is 4.78. The van der Waals surface area contributed by atoms with Gasteiger partial charge in [0.15, 0.2) is 0 Å². The number of hydrogen-bond donors (Lipinski definition) is 0. The molecule has 2 aromatic carbocycles. The van der Waals surface area contributed by atoms with Crippen molar-refractivity contribution in [3.8, 4) is 11.5 Å². The van der Waals surface area contributed by atoms with Crippen molar-refractivity contribution in [2.75, 3.05) is 27.9 Å². The molecule has 0 bridgehead atoms. The fourth-order valence-corrected chi connectivity index (χ4v) is 3.61. The number of methoxy groups -OCH3 is 2. The highest BCUT2D eigenvalue weighted by atomic mass is 32.2. The highest BCUT2D eigenvalue weighted by Crippen LogP contribution is 2.27. The maximum absolute atomic E-state index is 12.8. The Hall–Kier alpha value is -2.58. The molecular weight excluding hydrogens is 370 g/mol. The molecule has 0 unspecified atom stereocenters. The van der Waals surface area contributed by atoms with Crippen molar-refractivity contribution in [3.63, 3.8) is 0 Å². The van der Waals surface area contributed by atoms with Crippen LogP contribution in [0.1, 0.15) is 22.8 Å². The number of carbonyl (C=O) groups excluding carboxylic acids is 1. The molecule has 8 heteroatoms. The molecule has 0 aromatic heterocycles. The van der Waals surface area contributed by atoms with Crippen LogP contribution in [0.4, 0.5) is 0 Å². The van der Waals surface area contributed by atoms with Crippen LogP contribution < -0.4 is 9.47 Å². The molecule has 0 aliphatic rings. The summed E-state index contributed by atoms with van der Waals surface area (Å²) in [5.41, 5.74) is 1.00. The summed E-state index contributed by atoms with van der Waals surface area (Å²) in [5, 5.41) is 0. The maximum atomic E-state index is 12.8. The minimum absolute atomic E-state index is 0.0885. The monoisotopic (exact) mass is 393 g/mol. The van der Waals surface area contributed by atoms with E-state index in [1.54, 1.807) is 32.2 Å². The predicted molar refractivity (Wildman–Crippen MR) is 101 cm³/mol. The lowest BCUT2D eigenvalue weighted by Gasteiger charge is -2.19. The Bertz CT molecular complexity index is 893. The van der Waals surface area contributed by atoms with Gasteiger partial charge in [0.2, 0.25) is 10.0 Å². The van der Waals surface area contributed by atoms with E-state index in [4.69, 9.17) is 14.2 Å². The van der Waals surface area contributed by atoms with Crippen LogP contribution in [0.15, 0.2) is 47.4 Å². The van der Waals surface area contributed by atoms with Crippen molar-refractivity contribution in [2.45, 2.75) is 18.4 Å². The zero-order valence-corrected chi connectivity index (χ0v) is 16.6. The van der Waals surface area contributed by atoms with Crippen molar-refractivity contribution in [3.05, 3.63) is 53.6 Å². The largest absolute Gasteiger partial charge is 0.497 e. The summed E-state index contributed by atoms with van der Waals surface area (Å²) in [6, 6.07) is 10.9. The van der Waals surface area contributed by atoms with Crippen LogP contribution in [0.25, 0.3) is 0 Å². The lowest BCUT2D eigenvalue weighted by Crippen LogP contribution is -2.26. The lowest BCUT2D eigenvalue weighted by molar-refractivity contribution is 0.0526. The van der Waals surface area contributed by atoms with Crippen LogP contribution >= 0.6 is 0 Å². The van der Waals surface area contributed by atoms with Crippen LogP contribution in [0.5, 0.6) is 11.5 Å². The van der Waals surface area contributed by atoms with Gasteiger partial charge in [0.1, 0.15) is 11.5 Å². The van der Waals surface area contributed by atoms with Crippen molar-refractivity contribution in [1.82, 2.24) is 4.31 Å². The molecule has 0 aliphatic heterocycles. The Kier molecular flexibility index (Phi) is 6.81. The minimum atomic E-state index is -3.74. The fourth-order valence-electron chi connectivity index (χ4n) is 2.46. The zero-order chi connectivity index (χ0) is 20.0. The Morgan fingerprint density at radius 1 is 1.04 bits per heavy atom. The second-order valence-electron chi connectivity index (χ2n) is 5.68. The van der Waals surface area contributed by atoms with E-state index in [0.717, 1.165) is 0 Å². The van der Waals surface area contributed by atoms with Gasteiger partial charge in [0, 0.05) is 25.2 Å². The van der Waals surface area contributed by atoms with E-state index < -0.39 is 16.0 Å². The van der Waals surface area contributed by atoms with E-state index in [-0.39, 0.29) is 18.0 Å². The molecule has 0 spiro atoms. The summed E-state index contributed by atoms with van der Waals surface area (Å²) >= 11 is 0. The van der Waals surface area contributed by atoms with Gasteiger partial charge in [-0.2, -0.15) is 4.31 Å². The molecule has 0 atom stereocenters. The number of sulfonamides is 1. The molecule has 0 saturated heterocycles. The number of nitrogens with zero attached hydrogens (tertiary/aromatic N) is 1. The average molecular weight is 393 g/mol. The van der Waals surface area contributed by atoms with E-state index in [9.17, 15) is 13.2 Å². The number of rotatable bonds is 8. The molecule has 0 fully saturated rings. The lowest BCUT2D eigenvalue weighted by atomic mass is 10.2. The van der Waals surface area contributed by atoms with Crippen LogP contribution in [0, 0.1) is 0 Å². The molecule has 0 saturated carbocycles. The summed E-state index contributed by atoms with van der Waals surface area (Å²) in [5.74, 6) is 0.669. The van der Waals surface area contributed by atoms with Crippen molar-refractivity contribution < 1.29 is 27.4 Å². The van der Waals surface area contributed by atoms with Gasteiger partial charge in [-0.15, -0.1) is 0 Å². The van der Waals surface area contributed by atoms with Gasteiger partial charge in [-0.3, -0.25) is 0 Å². The van der Waals surface area contributed by atoms with Gasteiger partial charge < -0.3 is 14.2 Å². The first-order valence-corrected chi connectivity index (χ1v) is 9.72. The summed E-state index contributed by atoms with van der Waals surface area (Å²) in [4.78, 5) is 11.8. The average Bonchev–Trinajstić information content (AvgIpc) is 2.68. The maximum Gasteiger partial charge on any atom is 0.338 e. The third-order valence-electron chi connectivity index (χ3n) is 3.96. The first-order chi connectivity index (χ1) is 12.8. The number of ether oxygens (including phenoxy) is 3. The molecule has 146 valence electrons. The molecule has 2 aromatic rings. The van der Waals surface area contributed by atoms with Crippen LogP contribution in [-0.2, 0) is 21.3 Å². The fraction of sp³-hybridized carbons (Fsp3) is 0.316. The molecule has 27 heavy (non-hydrogen) atoms. The van der Waals surface area contributed by atoms with Crippen LogP contribution in [-0.4, -0.2) is 46.6 Å². The first kappa shape index (κ1) is 20.7. The van der Waals surface area contributed by atoms with Crippen molar-refractivity contribution >= 4 is 16.0 Å². The standard InChI is InChI=1S/C19H23NO6S/c1-5-26-19(21)14-7-10-17(11-8-14)27(22,23)20(2)13-15-6-9-16(24-3)12-18(15)25-4/h6-12H,5,13H2,1-4H3. The molecular formula is C19H23NO6S. The number of benzene rings is 2. The number of carbonyl (C=O) groups is 1. The van der Waals surface area contributed by atoms with E-state index >= 15 is 0 Å². The smallest absolute Gasteiger partial charge is 0.338 e. The minimum Gasteiger partial charge on any atom is -0.497 e. The quantitative estimate of drug-likeness (QED) is 0.642. The molecule has 7 nitrogen and oxygen atoms in total. The SMILES string of the molecule is CCOC(=O)c1ccc(S(=O)(=O)N(C)Cc2ccc(OC)cc2OC)cc1. The topological polar surface area (TPSA) is 82.1 Å². The zero-order valence-electron chi connectivity index (χ0n) is 15.8. The molecule has 0 radical (unpaired) electrons. The molecule has 0 heterocycles. The second-order valence-corrected chi connectivity index (χ2v) is 7.73. The predicted octanol–water partition coefficient (Wildman–Crippen LogP) is 2.70. The van der Waals surface area contributed by atoms with Crippen LogP contribution in [0.3, 0.4) is 0 Å². The van der Waals surface area contributed by atoms with E-state index in [0.29, 0.717) is 22.6 Å². The third-order valence-corrected chi connectivity index (χ3v) is 5.78. The van der Waals surface area contributed by atoms with E-state index in [1.165, 1.54) is 42.7 Å². The Balaban J connectivity index is 2.22. The summed E-state index contributed by atoms with van der Waals surface area (Å²) in [7, 11) is 0.808. The summed E-state index contributed by atoms with van der Waals surface area (Å²) in [6.45, 7) is 2.08. The van der Waals surface area contributed by atoms with E-state index in [2.05, 4.69) is 0 Å².